The molecule has 0 spiro atoms. The quantitative estimate of drug-likeness (QED) is 0.669. The van der Waals surface area contributed by atoms with Crippen LogP contribution in [-0.4, -0.2) is 56.4 Å². The molecular formula is C16H25NO5. The third-order valence-corrected chi connectivity index (χ3v) is 3.45. The minimum Gasteiger partial charge on any atom is -0.496 e. The van der Waals surface area contributed by atoms with Crippen molar-refractivity contribution in [1.82, 2.24) is 4.90 Å². The third-order valence-electron chi connectivity index (χ3n) is 3.45. The van der Waals surface area contributed by atoms with Crippen molar-refractivity contribution in [3.8, 4) is 17.2 Å². The summed E-state index contributed by atoms with van der Waals surface area (Å²) in [6.45, 7) is 3.02. The Bertz CT molecular complexity index is 455. The Labute approximate surface area is 131 Å². The molecule has 0 radical (unpaired) electrons. The Morgan fingerprint density at radius 2 is 1.73 bits per heavy atom. The van der Waals surface area contributed by atoms with Crippen LogP contribution in [0.1, 0.15) is 19.8 Å². The van der Waals surface area contributed by atoms with E-state index in [0.717, 1.165) is 6.42 Å². The van der Waals surface area contributed by atoms with E-state index in [1.54, 1.807) is 32.4 Å². The van der Waals surface area contributed by atoms with Gasteiger partial charge in [0.15, 0.2) is 0 Å². The van der Waals surface area contributed by atoms with Crippen molar-refractivity contribution in [1.29, 1.82) is 0 Å². The summed E-state index contributed by atoms with van der Waals surface area (Å²) in [5.41, 5.74) is 0. The zero-order valence-corrected chi connectivity index (χ0v) is 13.7. The van der Waals surface area contributed by atoms with E-state index >= 15 is 0 Å². The first-order valence-electron chi connectivity index (χ1n) is 7.30. The highest BCUT2D eigenvalue weighted by Gasteiger charge is 2.19. The number of carboxylic acid groups (broad SMARTS) is 1. The Morgan fingerprint density at radius 3 is 2.18 bits per heavy atom. The molecule has 1 aromatic rings. The van der Waals surface area contributed by atoms with Crippen LogP contribution in [0.15, 0.2) is 18.2 Å². The maximum atomic E-state index is 11.1. The van der Waals surface area contributed by atoms with E-state index in [0.29, 0.717) is 36.8 Å². The zero-order valence-electron chi connectivity index (χ0n) is 13.7. The van der Waals surface area contributed by atoms with E-state index in [1.807, 2.05) is 18.9 Å². The number of rotatable bonds is 10. The molecule has 0 bridgehead atoms. The molecule has 0 aliphatic rings. The summed E-state index contributed by atoms with van der Waals surface area (Å²) >= 11 is 0. The molecule has 6 nitrogen and oxygen atoms in total. The van der Waals surface area contributed by atoms with Crippen LogP contribution in [0.5, 0.6) is 17.2 Å². The molecule has 1 atom stereocenters. The number of ether oxygens (including phenoxy) is 3. The molecule has 1 aromatic carbocycles. The lowest BCUT2D eigenvalue weighted by atomic mass is 10.2. The fourth-order valence-corrected chi connectivity index (χ4v) is 2.20. The van der Waals surface area contributed by atoms with Crippen LogP contribution >= 0.6 is 0 Å². The van der Waals surface area contributed by atoms with Crippen LogP contribution in [-0.2, 0) is 4.79 Å². The van der Waals surface area contributed by atoms with Crippen molar-refractivity contribution >= 4 is 5.97 Å². The van der Waals surface area contributed by atoms with Crippen molar-refractivity contribution in [3.05, 3.63) is 18.2 Å². The maximum Gasteiger partial charge on any atom is 0.320 e. The van der Waals surface area contributed by atoms with Crippen LogP contribution < -0.4 is 14.2 Å². The molecule has 0 aliphatic heterocycles. The van der Waals surface area contributed by atoms with Crippen LogP contribution in [0.25, 0.3) is 0 Å². The number of methoxy groups -OCH3 is 2. The fourth-order valence-electron chi connectivity index (χ4n) is 2.20. The number of hydrogen-bond acceptors (Lipinski definition) is 5. The summed E-state index contributed by atoms with van der Waals surface area (Å²) in [6.07, 6.45) is 1.32. The number of carboxylic acids is 1. The molecule has 1 N–H and O–H groups in total. The smallest absolute Gasteiger partial charge is 0.320 e. The van der Waals surface area contributed by atoms with Gasteiger partial charge >= 0.3 is 5.97 Å². The van der Waals surface area contributed by atoms with Crippen molar-refractivity contribution in [3.63, 3.8) is 0 Å². The highest BCUT2D eigenvalue weighted by atomic mass is 16.5. The minimum absolute atomic E-state index is 0.447. The van der Waals surface area contributed by atoms with Crippen LogP contribution in [0.2, 0.25) is 0 Å². The van der Waals surface area contributed by atoms with E-state index in [1.165, 1.54) is 0 Å². The highest BCUT2D eigenvalue weighted by Crippen LogP contribution is 2.27. The van der Waals surface area contributed by atoms with Crippen molar-refractivity contribution in [2.24, 2.45) is 0 Å². The Morgan fingerprint density at radius 1 is 1.18 bits per heavy atom. The summed E-state index contributed by atoms with van der Waals surface area (Å²) in [7, 11) is 4.99. The van der Waals surface area contributed by atoms with Crippen molar-refractivity contribution < 1.29 is 24.1 Å². The van der Waals surface area contributed by atoms with Gasteiger partial charge in [-0.3, -0.25) is 9.69 Å². The Kier molecular flexibility index (Phi) is 7.52. The molecule has 0 amide bonds. The second-order valence-corrected chi connectivity index (χ2v) is 4.99. The topological polar surface area (TPSA) is 68.2 Å². The molecule has 1 rings (SSSR count). The molecule has 0 heterocycles. The number of likely N-dealkylation sites (N-methyl/N-ethyl adjacent to an activating group) is 1. The van der Waals surface area contributed by atoms with Gasteiger partial charge in [0.1, 0.15) is 23.3 Å². The summed E-state index contributed by atoms with van der Waals surface area (Å²) in [4.78, 5) is 12.9. The summed E-state index contributed by atoms with van der Waals surface area (Å²) in [5.74, 6) is 1.22. The SMILES string of the molecule is CCC(C(=O)O)N(C)CCCOc1cc(OC)cc(OC)c1. The van der Waals surface area contributed by atoms with Gasteiger partial charge in [0.25, 0.3) is 0 Å². The van der Waals surface area contributed by atoms with E-state index in [-0.39, 0.29) is 0 Å². The van der Waals surface area contributed by atoms with Gasteiger partial charge in [0, 0.05) is 24.7 Å². The minimum atomic E-state index is -0.788. The standard InChI is InChI=1S/C16H25NO5/c1-5-15(16(18)19)17(2)7-6-8-22-14-10-12(20-3)9-13(11-14)21-4/h9-11,15H,5-8H2,1-4H3,(H,18,19). The normalized spacial score (nSPS) is 12.0. The number of carbonyl (C=O) groups is 1. The highest BCUT2D eigenvalue weighted by molar-refractivity contribution is 5.73. The summed E-state index contributed by atoms with van der Waals surface area (Å²) in [6, 6.07) is 4.91. The summed E-state index contributed by atoms with van der Waals surface area (Å²) in [5, 5.41) is 9.09. The lowest BCUT2D eigenvalue weighted by molar-refractivity contribution is -0.142. The van der Waals surface area contributed by atoms with Gasteiger partial charge in [0.05, 0.1) is 20.8 Å². The van der Waals surface area contributed by atoms with Crippen molar-refractivity contribution in [2.75, 3.05) is 34.4 Å². The number of aliphatic carboxylic acids is 1. The van der Waals surface area contributed by atoms with Crippen LogP contribution in [0, 0.1) is 0 Å². The third kappa shape index (κ3) is 5.44. The second-order valence-electron chi connectivity index (χ2n) is 4.99. The summed E-state index contributed by atoms with van der Waals surface area (Å²) < 4.78 is 16.0. The molecule has 0 fully saturated rings. The molecule has 0 aromatic heterocycles. The molecule has 6 heteroatoms. The molecule has 0 aliphatic carbocycles. The lowest BCUT2D eigenvalue weighted by Crippen LogP contribution is -2.38. The average Bonchev–Trinajstić information content (AvgIpc) is 2.51. The largest absolute Gasteiger partial charge is 0.496 e. The Hall–Kier alpha value is -1.95. The van der Waals surface area contributed by atoms with Gasteiger partial charge < -0.3 is 19.3 Å². The zero-order chi connectivity index (χ0) is 16.5. The van der Waals surface area contributed by atoms with E-state index in [2.05, 4.69) is 0 Å². The van der Waals surface area contributed by atoms with Crippen LogP contribution in [0.4, 0.5) is 0 Å². The average molecular weight is 311 g/mol. The van der Waals surface area contributed by atoms with Crippen LogP contribution in [0.3, 0.4) is 0 Å². The van der Waals surface area contributed by atoms with Gasteiger partial charge in [-0.25, -0.2) is 0 Å². The molecule has 0 saturated heterocycles. The molecule has 124 valence electrons. The first kappa shape index (κ1) is 18.1. The second kappa shape index (κ2) is 9.15. The number of nitrogens with zero attached hydrogens (tertiary/aromatic N) is 1. The first-order chi connectivity index (χ1) is 10.5. The first-order valence-corrected chi connectivity index (χ1v) is 7.30. The Balaban J connectivity index is 2.46. The predicted molar refractivity (Wildman–Crippen MR) is 84.0 cm³/mol. The molecule has 1 unspecified atom stereocenters. The van der Waals surface area contributed by atoms with Gasteiger partial charge in [-0.05, 0) is 19.9 Å². The van der Waals surface area contributed by atoms with E-state index in [9.17, 15) is 4.79 Å². The predicted octanol–water partition coefficient (Wildman–Crippen LogP) is 2.27. The number of benzene rings is 1. The monoisotopic (exact) mass is 311 g/mol. The fraction of sp³-hybridized carbons (Fsp3) is 0.562. The van der Waals surface area contributed by atoms with E-state index < -0.39 is 12.0 Å². The number of hydrogen-bond donors (Lipinski definition) is 1. The van der Waals surface area contributed by atoms with Gasteiger partial charge in [-0.1, -0.05) is 6.92 Å². The van der Waals surface area contributed by atoms with Gasteiger partial charge in [0.2, 0.25) is 0 Å². The van der Waals surface area contributed by atoms with Crippen molar-refractivity contribution in [2.45, 2.75) is 25.8 Å². The van der Waals surface area contributed by atoms with E-state index in [4.69, 9.17) is 19.3 Å². The van der Waals surface area contributed by atoms with Gasteiger partial charge in [-0.15, -0.1) is 0 Å². The maximum absolute atomic E-state index is 11.1. The molecule has 0 saturated carbocycles. The molecular weight excluding hydrogens is 286 g/mol. The molecule has 22 heavy (non-hydrogen) atoms. The van der Waals surface area contributed by atoms with Gasteiger partial charge in [-0.2, -0.15) is 0 Å². The lowest BCUT2D eigenvalue weighted by Gasteiger charge is -2.23.